The fraction of sp³-hybridized carbons (Fsp3) is 0.444. The Bertz CT molecular complexity index is 253. The minimum absolute atomic E-state index is 0.513. The lowest BCUT2D eigenvalue weighted by Gasteiger charge is -2.07. The molecule has 0 amide bonds. The van der Waals surface area contributed by atoms with Gasteiger partial charge >= 0.3 is 0 Å². The van der Waals surface area contributed by atoms with Crippen molar-refractivity contribution in [1.82, 2.24) is 4.98 Å². The molecule has 0 aliphatic heterocycles. The first-order chi connectivity index (χ1) is 6.38. The molecule has 1 rings (SSSR count). The first-order valence-electron chi connectivity index (χ1n) is 4.20. The van der Waals surface area contributed by atoms with Crippen LogP contribution in [-0.4, -0.2) is 25.2 Å². The summed E-state index contributed by atoms with van der Waals surface area (Å²) in [6, 6.07) is 3.63. The predicted octanol–water partition coefficient (Wildman–Crippen LogP) is 0.818. The summed E-state index contributed by atoms with van der Waals surface area (Å²) in [6.45, 7) is 1.22. The molecule has 0 bridgehead atoms. The van der Waals surface area contributed by atoms with E-state index in [9.17, 15) is 0 Å². The molecule has 0 aliphatic carbocycles. The van der Waals surface area contributed by atoms with Gasteiger partial charge in [0, 0.05) is 6.20 Å². The van der Waals surface area contributed by atoms with Gasteiger partial charge in [-0.1, -0.05) is 0 Å². The third-order valence-electron chi connectivity index (χ3n) is 1.54. The normalized spacial score (nSPS) is 9.69. The number of rotatable bonds is 5. The van der Waals surface area contributed by atoms with Crippen LogP contribution in [0.2, 0.25) is 0 Å². The monoisotopic (exact) mass is 182 g/mol. The smallest absolute Gasteiger partial charge is 0.256 e. The Morgan fingerprint density at radius 3 is 3.08 bits per heavy atom. The van der Waals surface area contributed by atoms with Gasteiger partial charge in [-0.25, -0.2) is 4.98 Å². The van der Waals surface area contributed by atoms with Crippen molar-refractivity contribution in [3.8, 4) is 11.6 Å². The van der Waals surface area contributed by atoms with E-state index in [2.05, 4.69) is 4.98 Å². The van der Waals surface area contributed by atoms with Gasteiger partial charge in [0.25, 0.3) is 5.88 Å². The first kappa shape index (κ1) is 9.80. The minimum Gasteiger partial charge on any atom is -0.488 e. The highest BCUT2D eigenvalue weighted by molar-refractivity contribution is 5.32. The molecule has 0 unspecified atom stereocenters. The molecule has 4 heteroatoms. The van der Waals surface area contributed by atoms with E-state index >= 15 is 0 Å². The zero-order chi connectivity index (χ0) is 9.52. The molecule has 0 aliphatic rings. The predicted molar refractivity (Wildman–Crippen MR) is 50.0 cm³/mol. The Balaban J connectivity index is 2.54. The largest absolute Gasteiger partial charge is 0.488 e. The Kier molecular flexibility index (Phi) is 4.05. The second-order valence-electron chi connectivity index (χ2n) is 2.50. The van der Waals surface area contributed by atoms with Crippen LogP contribution in [0.25, 0.3) is 0 Å². The molecule has 1 heterocycles. The molecule has 13 heavy (non-hydrogen) atoms. The van der Waals surface area contributed by atoms with Gasteiger partial charge in [0.1, 0.15) is 0 Å². The Hall–Kier alpha value is -1.29. The number of methoxy groups -OCH3 is 1. The van der Waals surface area contributed by atoms with E-state index in [0.29, 0.717) is 24.8 Å². The van der Waals surface area contributed by atoms with Gasteiger partial charge in [0.15, 0.2) is 5.75 Å². The highest BCUT2D eigenvalue weighted by Crippen LogP contribution is 2.22. The average Bonchev–Trinajstić information content (AvgIpc) is 2.19. The van der Waals surface area contributed by atoms with E-state index in [1.54, 1.807) is 19.4 Å². The van der Waals surface area contributed by atoms with Crippen molar-refractivity contribution in [2.75, 3.05) is 20.3 Å². The van der Waals surface area contributed by atoms with Gasteiger partial charge in [0.2, 0.25) is 0 Å². The second kappa shape index (κ2) is 5.37. The Labute approximate surface area is 77.7 Å². The maximum atomic E-state index is 5.40. The third-order valence-corrected chi connectivity index (χ3v) is 1.54. The minimum atomic E-state index is 0.513. The number of aromatic nitrogens is 1. The van der Waals surface area contributed by atoms with E-state index < -0.39 is 0 Å². The second-order valence-corrected chi connectivity index (χ2v) is 2.50. The summed E-state index contributed by atoms with van der Waals surface area (Å²) in [7, 11) is 1.57. The summed E-state index contributed by atoms with van der Waals surface area (Å²) >= 11 is 0. The molecule has 0 atom stereocenters. The van der Waals surface area contributed by atoms with Crippen LogP contribution in [0, 0.1) is 0 Å². The molecule has 1 aromatic rings. The fourth-order valence-corrected chi connectivity index (χ4v) is 0.905. The average molecular weight is 182 g/mol. The van der Waals surface area contributed by atoms with Crippen LogP contribution in [0.3, 0.4) is 0 Å². The topological polar surface area (TPSA) is 57.4 Å². The molecule has 4 nitrogen and oxygen atoms in total. The number of nitrogens with zero attached hydrogens (tertiary/aromatic N) is 1. The van der Waals surface area contributed by atoms with Crippen LogP contribution < -0.4 is 15.2 Å². The molecule has 72 valence electrons. The van der Waals surface area contributed by atoms with E-state index in [1.807, 2.05) is 6.07 Å². The molecule has 0 fully saturated rings. The zero-order valence-electron chi connectivity index (χ0n) is 7.69. The van der Waals surface area contributed by atoms with E-state index in [0.717, 1.165) is 6.42 Å². The van der Waals surface area contributed by atoms with Crippen molar-refractivity contribution in [2.45, 2.75) is 6.42 Å². The van der Waals surface area contributed by atoms with Crippen LogP contribution in [0.15, 0.2) is 18.3 Å². The standard InChI is InChI=1S/C9H14N2O2/c1-12-9-8(4-2-6-11-9)13-7-3-5-10/h2,4,6H,3,5,7,10H2,1H3. The lowest BCUT2D eigenvalue weighted by atomic mass is 10.4. The SMILES string of the molecule is COc1ncccc1OCCCN. The zero-order valence-corrected chi connectivity index (χ0v) is 7.69. The lowest BCUT2D eigenvalue weighted by molar-refractivity contribution is 0.286. The molecule has 0 aromatic carbocycles. The molecular weight excluding hydrogens is 168 g/mol. The van der Waals surface area contributed by atoms with Gasteiger partial charge in [-0.2, -0.15) is 0 Å². The van der Waals surface area contributed by atoms with Gasteiger partial charge in [0.05, 0.1) is 13.7 Å². The number of pyridine rings is 1. The maximum absolute atomic E-state index is 5.40. The Morgan fingerprint density at radius 2 is 2.38 bits per heavy atom. The van der Waals surface area contributed by atoms with Crippen molar-refractivity contribution in [1.29, 1.82) is 0 Å². The van der Waals surface area contributed by atoms with E-state index in [1.165, 1.54) is 0 Å². The van der Waals surface area contributed by atoms with Crippen molar-refractivity contribution in [2.24, 2.45) is 5.73 Å². The van der Waals surface area contributed by atoms with Crippen LogP contribution in [0.5, 0.6) is 11.6 Å². The van der Waals surface area contributed by atoms with Crippen molar-refractivity contribution >= 4 is 0 Å². The van der Waals surface area contributed by atoms with Crippen molar-refractivity contribution in [3.63, 3.8) is 0 Å². The van der Waals surface area contributed by atoms with E-state index in [4.69, 9.17) is 15.2 Å². The van der Waals surface area contributed by atoms with Crippen molar-refractivity contribution < 1.29 is 9.47 Å². The molecular formula is C9H14N2O2. The summed E-state index contributed by atoms with van der Waals surface area (Å²) in [5.41, 5.74) is 5.34. The number of ether oxygens (including phenoxy) is 2. The summed E-state index contributed by atoms with van der Waals surface area (Å²) in [6.07, 6.45) is 2.49. The van der Waals surface area contributed by atoms with Gasteiger partial charge in [-0.3, -0.25) is 0 Å². The van der Waals surface area contributed by atoms with Crippen molar-refractivity contribution in [3.05, 3.63) is 18.3 Å². The van der Waals surface area contributed by atoms with Gasteiger partial charge in [-0.05, 0) is 25.1 Å². The fourth-order valence-electron chi connectivity index (χ4n) is 0.905. The molecule has 0 radical (unpaired) electrons. The molecule has 2 N–H and O–H groups in total. The van der Waals surface area contributed by atoms with Gasteiger partial charge in [-0.15, -0.1) is 0 Å². The van der Waals surface area contributed by atoms with E-state index in [-0.39, 0.29) is 0 Å². The quantitative estimate of drug-likeness (QED) is 0.685. The highest BCUT2D eigenvalue weighted by Gasteiger charge is 2.02. The molecule has 1 aromatic heterocycles. The number of hydrogen-bond donors (Lipinski definition) is 1. The summed E-state index contributed by atoms with van der Waals surface area (Å²) in [5.74, 6) is 1.18. The number of nitrogens with two attached hydrogens (primary N) is 1. The summed E-state index contributed by atoms with van der Waals surface area (Å²) in [5, 5.41) is 0. The molecule has 0 spiro atoms. The summed E-state index contributed by atoms with van der Waals surface area (Å²) in [4.78, 5) is 4.00. The first-order valence-corrected chi connectivity index (χ1v) is 4.20. The molecule has 0 saturated carbocycles. The number of hydrogen-bond acceptors (Lipinski definition) is 4. The summed E-state index contributed by atoms with van der Waals surface area (Å²) < 4.78 is 10.4. The lowest BCUT2D eigenvalue weighted by Crippen LogP contribution is -2.06. The third kappa shape index (κ3) is 2.91. The van der Waals surface area contributed by atoms with Crippen LogP contribution >= 0.6 is 0 Å². The highest BCUT2D eigenvalue weighted by atomic mass is 16.5. The van der Waals surface area contributed by atoms with Gasteiger partial charge < -0.3 is 15.2 Å². The Morgan fingerprint density at radius 1 is 1.54 bits per heavy atom. The maximum Gasteiger partial charge on any atom is 0.256 e. The molecule has 0 saturated heterocycles. The van der Waals surface area contributed by atoms with Crippen LogP contribution in [0.4, 0.5) is 0 Å². The van der Waals surface area contributed by atoms with Crippen LogP contribution in [-0.2, 0) is 0 Å². The van der Waals surface area contributed by atoms with Crippen LogP contribution in [0.1, 0.15) is 6.42 Å².